The molecule has 0 fully saturated rings. The normalized spacial score (nSPS) is 13.9. The van der Waals surface area contributed by atoms with Crippen molar-refractivity contribution >= 4 is 23.1 Å². The maximum Gasteiger partial charge on any atom is 0.278 e. The third-order valence-electron chi connectivity index (χ3n) is 5.46. The van der Waals surface area contributed by atoms with Crippen molar-refractivity contribution < 1.29 is 9.59 Å². The van der Waals surface area contributed by atoms with Crippen molar-refractivity contribution in [3.8, 4) is 0 Å². The Labute approximate surface area is 177 Å². The number of hydrogen-bond donors (Lipinski definition) is 0. The Balaban J connectivity index is 1.83. The highest BCUT2D eigenvalue weighted by Crippen LogP contribution is 2.35. The van der Waals surface area contributed by atoms with E-state index in [0.29, 0.717) is 11.3 Å². The van der Waals surface area contributed by atoms with Crippen LogP contribution in [0, 0.1) is 13.8 Å². The van der Waals surface area contributed by atoms with Gasteiger partial charge in [-0.05, 0) is 42.7 Å². The van der Waals surface area contributed by atoms with Gasteiger partial charge in [-0.15, -0.1) is 0 Å². The van der Waals surface area contributed by atoms with Crippen LogP contribution in [0.15, 0.2) is 84.6 Å². The van der Waals surface area contributed by atoms with Crippen LogP contribution in [0.2, 0.25) is 0 Å². The summed E-state index contributed by atoms with van der Waals surface area (Å²) < 4.78 is 0. The van der Waals surface area contributed by atoms with Gasteiger partial charge in [0, 0.05) is 12.7 Å². The fraction of sp³-hybridized carbons (Fsp3) is 0.154. The van der Waals surface area contributed by atoms with E-state index in [2.05, 4.69) is 0 Å². The van der Waals surface area contributed by atoms with Crippen molar-refractivity contribution in [2.45, 2.75) is 20.4 Å². The van der Waals surface area contributed by atoms with Crippen molar-refractivity contribution in [2.24, 2.45) is 0 Å². The Hall–Kier alpha value is -3.66. The molecule has 4 rings (SSSR count). The van der Waals surface area contributed by atoms with Gasteiger partial charge in [0.1, 0.15) is 5.70 Å². The standard InChI is InChI=1S/C26H24N2O2/c1-18-14-15-22(19(2)16-18)23-24(27(3)21-12-8-5-9-13-21)26(30)28(25(23)29)17-20-10-6-4-7-11-20/h4-16H,17H2,1-3H3. The van der Waals surface area contributed by atoms with Gasteiger partial charge in [-0.25, -0.2) is 0 Å². The highest BCUT2D eigenvalue weighted by molar-refractivity contribution is 6.36. The summed E-state index contributed by atoms with van der Waals surface area (Å²) in [6, 6.07) is 25.2. The first-order chi connectivity index (χ1) is 14.5. The smallest absolute Gasteiger partial charge is 0.278 e. The summed E-state index contributed by atoms with van der Waals surface area (Å²) in [5.41, 5.74) is 5.54. The molecular formula is C26H24N2O2. The molecule has 0 saturated carbocycles. The van der Waals surface area contributed by atoms with Crippen LogP contribution in [0.5, 0.6) is 0 Å². The van der Waals surface area contributed by atoms with Crippen molar-refractivity contribution in [3.63, 3.8) is 0 Å². The van der Waals surface area contributed by atoms with Gasteiger partial charge in [0.2, 0.25) is 0 Å². The molecule has 2 amide bonds. The molecule has 0 atom stereocenters. The fourth-order valence-electron chi connectivity index (χ4n) is 3.90. The summed E-state index contributed by atoms with van der Waals surface area (Å²) in [6.07, 6.45) is 0. The molecule has 0 bridgehead atoms. The number of benzene rings is 3. The van der Waals surface area contributed by atoms with E-state index in [0.717, 1.165) is 27.9 Å². The molecule has 0 radical (unpaired) electrons. The Morgan fingerprint density at radius 1 is 0.800 bits per heavy atom. The second-order valence-corrected chi connectivity index (χ2v) is 7.62. The number of likely N-dealkylation sites (N-methyl/N-ethyl adjacent to an activating group) is 1. The first-order valence-corrected chi connectivity index (χ1v) is 9.98. The molecule has 0 aliphatic carbocycles. The number of carbonyl (C=O) groups is 2. The van der Waals surface area contributed by atoms with Crippen LogP contribution in [-0.2, 0) is 16.1 Å². The van der Waals surface area contributed by atoms with Gasteiger partial charge in [0.05, 0.1) is 12.1 Å². The van der Waals surface area contributed by atoms with Gasteiger partial charge in [-0.1, -0.05) is 72.3 Å². The summed E-state index contributed by atoms with van der Waals surface area (Å²) >= 11 is 0. The Bertz CT molecular complexity index is 1130. The van der Waals surface area contributed by atoms with Gasteiger partial charge in [0.15, 0.2) is 0 Å². The first kappa shape index (κ1) is 19.6. The van der Waals surface area contributed by atoms with E-state index in [-0.39, 0.29) is 18.4 Å². The zero-order chi connectivity index (χ0) is 21.3. The minimum absolute atomic E-state index is 0.249. The number of amides is 2. The highest BCUT2D eigenvalue weighted by Gasteiger charge is 2.41. The molecule has 0 N–H and O–H groups in total. The van der Waals surface area contributed by atoms with E-state index in [1.165, 1.54) is 4.90 Å². The topological polar surface area (TPSA) is 40.6 Å². The van der Waals surface area contributed by atoms with Crippen LogP contribution >= 0.6 is 0 Å². The molecule has 150 valence electrons. The minimum atomic E-state index is -0.273. The lowest BCUT2D eigenvalue weighted by atomic mass is 9.97. The van der Waals surface area contributed by atoms with Crippen LogP contribution in [0.3, 0.4) is 0 Å². The van der Waals surface area contributed by atoms with Gasteiger partial charge in [-0.2, -0.15) is 0 Å². The predicted molar refractivity (Wildman–Crippen MR) is 120 cm³/mol. The maximum atomic E-state index is 13.5. The Kier molecular flexibility index (Phi) is 5.23. The summed E-state index contributed by atoms with van der Waals surface area (Å²) in [5.74, 6) is -0.529. The molecule has 0 spiro atoms. The molecule has 30 heavy (non-hydrogen) atoms. The molecule has 0 aromatic heterocycles. The number of anilines is 1. The number of carbonyl (C=O) groups excluding carboxylic acids is 2. The number of aryl methyl sites for hydroxylation is 2. The second kappa shape index (κ2) is 7.99. The SMILES string of the molecule is Cc1ccc(C2=C(N(C)c3ccccc3)C(=O)N(Cc3ccccc3)C2=O)c(C)c1. The number of para-hydroxylation sites is 1. The third-order valence-corrected chi connectivity index (χ3v) is 5.46. The van der Waals surface area contributed by atoms with E-state index in [9.17, 15) is 9.59 Å². The molecule has 4 heteroatoms. The zero-order valence-corrected chi connectivity index (χ0v) is 17.4. The average molecular weight is 396 g/mol. The van der Waals surface area contributed by atoms with E-state index in [4.69, 9.17) is 0 Å². The summed E-state index contributed by atoms with van der Waals surface area (Å²) in [4.78, 5) is 30.2. The van der Waals surface area contributed by atoms with Crippen LogP contribution in [-0.4, -0.2) is 23.8 Å². The van der Waals surface area contributed by atoms with Crippen molar-refractivity contribution in [1.29, 1.82) is 0 Å². The molecule has 4 nitrogen and oxygen atoms in total. The number of imide groups is 1. The van der Waals surface area contributed by atoms with Crippen molar-refractivity contribution in [1.82, 2.24) is 4.90 Å². The second-order valence-electron chi connectivity index (χ2n) is 7.62. The molecule has 1 heterocycles. The van der Waals surface area contributed by atoms with E-state index < -0.39 is 0 Å². The molecule has 1 aliphatic heterocycles. The van der Waals surface area contributed by atoms with E-state index in [1.54, 1.807) is 0 Å². The maximum absolute atomic E-state index is 13.5. The summed E-state index contributed by atoms with van der Waals surface area (Å²) in [7, 11) is 1.84. The van der Waals surface area contributed by atoms with Crippen LogP contribution < -0.4 is 4.90 Å². The van der Waals surface area contributed by atoms with Crippen molar-refractivity contribution in [2.75, 3.05) is 11.9 Å². The molecule has 1 aliphatic rings. The summed E-state index contributed by atoms with van der Waals surface area (Å²) in [5, 5.41) is 0. The minimum Gasteiger partial charge on any atom is -0.339 e. The molecule has 0 saturated heterocycles. The van der Waals surface area contributed by atoms with Crippen LogP contribution in [0.25, 0.3) is 5.57 Å². The monoisotopic (exact) mass is 396 g/mol. The van der Waals surface area contributed by atoms with Gasteiger partial charge in [-0.3, -0.25) is 14.5 Å². The zero-order valence-electron chi connectivity index (χ0n) is 17.4. The lowest BCUT2D eigenvalue weighted by Gasteiger charge is -2.21. The molecule has 3 aromatic rings. The van der Waals surface area contributed by atoms with Crippen LogP contribution in [0.4, 0.5) is 5.69 Å². The summed E-state index contributed by atoms with van der Waals surface area (Å²) in [6.45, 7) is 4.25. The number of nitrogens with zero attached hydrogens (tertiary/aromatic N) is 2. The van der Waals surface area contributed by atoms with E-state index in [1.807, 2.05) is 105 Å². The predicted octanol–water partition coefficient (Wildman–Crippen LogP) is 4.72. The number of rotatable bonds is 5. The van der Waals surface area contributed by atoms with Gasteiger partial charge in [0.25, 0.3) is 11.8 Å². The number of hydrogen-bond acceptors (Lipinski definition) is 3. The largest absolute Gasteiger partial charge is 0.339 e. The average Bonchev–Trinajstić information content (AvgIpc) is 2.99. The highest BCUT2D eigenvalue weighted by atomic mass is 16.2. The third kappa shape index (κ3) is 3.52. The van der Waals surface area contributed by atoms with Gasteiger partial charge >= 0.3 is 0 Å². The fourth-order valence-corrected chi connectivity index (χ4v) is 3.90. The lowest BCUT2D eigenvalue weighted by Crippen LogP contribution is -2.33. The van der Waals surface area contributed by atoms with Crippen LogP contribution in [0.1, 0.15) is 22.3 Å². The first-order valence-electron chi connectivity index (χ1n) is 9.98. The molecule has 0 unspecified atom stereocenters. The van der Waals surface area contributed by atoms with E-state index >= 15 is 0 Å². The Morgan fingerprint density at radius 2 is 1.43 bits per heavy atom. The lowest BCUT2D eigenvalue weighted by molar-refractivity contribution is -0.137. The van der Waals surface area contributed by atoms with Crippen molar-refractivity contribution in [3.05, 3.63) is 107 Å². The van der Waals surface area contributed by atoms with Gasteiger partial charge < -0.3 is 4.90 Å². The quantitative estimate of drug-likeness (QED) is 0.586. The Morgan fingerprint density at radius 3 is 2.07 bits per heavy atom. The molecule has 3 aromatic carbocycles. The molecular weight excluding hydrogens is 372 g/mol.